The van der Waals surface area contributed by atoms with Crippen molar-refractivity contribution in [2.75, 3.05) is 79.6 Å². The molecule has 2 fully saturated rings. The molecule has 2 aliphatic heterocycles. The molecule has 0 bridgehead atoms. The molecule has 0 saturated carbocycles. The Bertz CT molecular complexity index is 986. The van der Waals surface area contributed by atoms with Gasteiger partial charge in [-0.2, -0.15) is 0 Å². The van der Waals surface area contributed by atoms with Gasteiger partial charge >= 0.3 is 0 Å². The molecule has 2 heterocycles. The Kier molecular flexibility index (Phi) is 17.6. The third kappa shape index (κ3) is 14.2. The van der Waals surface area contributed by atoms with Crippen LogP contribution in [0.1, 0.15) is 66.7 Å². The fourth-order valence-corrected chi connectivity index (χ4v) is 5.92. The predicted octanol–water partition coefficient (Wildman–Crippen LogP) is 1.58. The van der Waals surface area contributed by atoms with Crippen molar-refractivity contribution in [3.8, 4) is 0 Å². The molecule has 2 N–H and O–H groups in total. The number of hydrogen-bond donors (Lipinski definition) is 2. The summed E-state index contributed by atoms with van der Waals surface area (Å²) in [6, 6.07) is -0.366. The van der Waals surface area contributed by atoms with E-state index in [4.69, 9.17) is 23.9 Å². The quantitative estimate of drug-likeness (QED) is 0.119. The Balaban J connectivity index is 1.67. The van der Waals surface area contributed by atoms with Crippen molar-refractivity contribution in [1.82, 2.24) is 25.9 Å². The van der Waals surface area contributed by atoms with Crippen molar-refractivity contribution in [3.63, 3.8) is 0 Å². The number of ether oxygens (including phenoxy) is 3. The molecule has 266 valence electrons. The number of nitrogens with zero attached hydrogens (tertiary/aromatic N) is 3. The normalized spacial score (nSPS) is 20.8. The number of rotatable bonds is 23. The van der Waals surface area contributed by atoms with E-state index in [0.29, 0.717) is 64.7 Å². The number of amides is 3. The fourth-order valence-electron chi connectivity index (χ4n) is 4.57. The summed E-state index contributed by atoms with van der Waals surface area (Å²) in [7, 11) is 5.08. The predicted molar refractivity (Wildman–Crippen MR) is 174 cm³/mol. The number of carbonyl (C=O) groups excluding carboxylic acids is 4. The number of hydrogen-bond acceptors (Lipinski definition) is 13. The van der Waals surface area contributed by atoms with Crippen LogP contribution in [-0.4, -0.2) is 141 Å². The van der Waals surface area contributed by atoms with E-state index in [2.05, 4.69) is 10.6 Å². The molecule has 2 aliphatic rings. The van der Waals surface area contributed by atoms with Crippen LogP contribution in [0.4, 0.5) is 0 Å². The van der Waals surface area contributed by atoms with Gasteiger partial charge < -0.3 is 24.8 Å². The van der Waals surface area contributed by atoms with Crippen LogP contribution >= 0.6 is 11.8 Å². The molecule has 3 atom stereocenters. The van der Waals surface area contributed by atoms with Crippen LogP contribution in [-0.2, 0) is 43.1 Å². The van der Waals surface area contributed by atoms with Crippen molar-refractivity contribution in [2.24, 2.45) is 5.92 Å². The van der Waals surface area contributed by atoms with E-state index < -0.39 is 5.25 Å². The standard InChI is InChI=1S/C31H57N5O9S/c1-23(37)25(32-6)22-46-26-18-28(39)34(29(26)40)14-10-27(38)33-13-9-16-43-20-24-19-36(44-17-12-31(4,5)42-8)35(45-21-24)15-11-30(2,3)41-7/h24-26,32H,9-22H2,1-8H3,(H,33,38). The highest BCUT2D eigenvalue weighted by Crippen LogP contribution is 2.26. The number of nitrogens with one attached hydrogen (secondary N) is 2. The number of hydrazine groups is 1. The van der Waals surface area contributed by atoms with Crippen molar-refractivity contribution in [3.05, 3.63) is 0 Å². The molecule has 3 unspecified atom stereocenters. The Morgan fingerprint density at radius 2 is 1.76 bits per heavy atom. The second-order valence-electron chi connectivity index (χ2n) is 12.9. The summed E-state index contributed by atoms with van der Waals surface area (Å²) in [6.45, 7) is 13.2. The maximum Gasteiger partial charge on any atom is 0.242 e. The minimum absolute atomic E-state index is 0.0198. The first-order valence-electron chi connectivity index (χ1n) is 16.1. The molecule has 14 nitrogen and oxygen atoms in total. The number of hydroxylamine groups is 2. The number of ketones is 1. The van der Waals surface area contributed by atoms with E-state index in [9.17, 15) is 19.2 Å². The Hall–Kier alpha value is -1.69. The Labute approximate surface area is 278 Å². The van der Waals surface area contributed by atoms with E-state index >= 15 is 0 Å². The maximum absolute atomic E-state index is 12.7. The molecular formula is C31H57N5O9S. The first-order valence-corrected chi connectivity index (χ1v) is 17.2. The third-order valence-electron chi connectivity index (χ3n) is 8.29. The molecule has 15 heteroatoms. The smallest absolute Gasteiger partial charge is 0.242 e. The molecule has 0 aromatic rings. The van der Waals surface area contributed by atoms with Gasteiger partial charge in [0.1, 0.15) is 5.78 Å². The van der Waals surface area contributed by atoms with Crippen LogP contribution in [0, 0.1) is 5.92 Å². The lowest BCUT2D eigenvalue weighted by Gasteiger charge is -2.41. The first-order chi connectivity index (χ1) is 21.7. The number of Topliss-reactive ketones (excluding diaryl/α,β-unsaturated/α-hetero) is 1. The van der Waals surface area contributed by atoms with Gasteiger partial charge in [-0.15, -0.1) is 11.8 Å². The zero-order valence-electron chi connectivity index (χ0n) is 29.1. The lowest BCUT2D eigenvalue weighted by molar-refractivity contribution is -0.436. The highest BCUT2D eigenvalue weighted by atomic mass is 32.2. The minimum Gasteiger partial charge on any atom is -0.381 e. The zero-order valence-corrected chi connectivity index (χ0v) is 29.9. The largest absolute Gasteiger partial charge is 0.381 e. The number of likely N-dealkylation sites (tertiary alicyclic amines) is 1. The average molecular weight is 676 g/mol. The molecule has 0 aliphatic carbocycles. The molecule has 46 heavy (non-hydrogen) atoms. The van der Waals surface area contributed by atoms with Gasteiger partial charge in [0.15, 0.2) is 0 Å². The number of methoxy groups -OCH3 is 2. The SMILES string of the molecule is CNC(CSC1CC(=O)N(CCC(=O)NCCCOCC2CON(CCC(C)(C)OC)N(OCCC(C)(C)OC)C2)C1=O)C(C)=O. The molecule has 0 spiro atoms. The van der Waals surface area contributed by atoms with Crippen LogP contribution in [0.15, 0.2) is 0 Å². The molecule has 0 aromatic heterocycles. The second kappa shape index (κ2) is 20.0. The average Bonchev–Trinajstić information content (AvgIpc) is 3.28. The van der Waals surface area contributed by atoms with Crippen LogP contribution < -0.4 is 10.6 Å². The molecule has 2 saturated heterocycles. The third-order valence-corrected chi connectivity index (χ3v) is 9.58. The van der Waals surface area contributed by atoms with Gasteiger partial charge in [0.2, 0.25) is 17.7 Å². The molecule has 0 aromatic carbocycles. The molecule has 3 amide bonds. The molecule has 0 radical (unpaired) electrons. The summed E-state index contributed by atoms with van der Waals surface area (Å²) < 4.78 is 17.0. The van der Waals surface area contributed by atoms with Gasteiger partial charge in [0.25, 0.3) is 0 Å². The summed E-state index contributed by atoms with van der Waals surface area (Å²) in [5.41, 5.74) is -0.585. The second-order valence-corrected chi connectivity index (χ2v) is 14.2. The number of imide groups is 1. The first kappa shape index (κ1) is 40.5. The van der Waals surface area contributed by atoms with Gasteiger partial charge in [-0.25, -0.2) is 0 Å². The summed E-state index contributed by atoms with van der Waals surface area (Å²) in [6.07, 6.45) is 2.21. The minimum atomic E-state index is -0.523. The Morgan fingerprint density at radius 3 is 2.41 bits per heavy atom. The van der Waals surface area contributed by atoms with Crippen molar-refractivity contribution in [1.29, 1.82) is 0 Å². The van der Waals surface area contributed by atoms with Crippen molar-refractivity contribution >= 4 is 35.3 Å². The van der Waals surface area contributed by atoms with E-state index in [1.165, 1.54) is 18.7 Å². The lowest BCUT2D eigenvalue weighted by Crippen LogP contribution is -2.53. The number of carbonyl (C=O) groups is 4. The highest BCUT2D eigenvalue weighted by molar-refractivity contribution is 8.00. The molecular weight excluding hydrogens is 618 g/mol. The highest BCUT2D eigenvalue weighted by Gasteiger charge is 2.39. The van der Waals surface area contributed by atoms with Crippen LogP contribution in [0.25, 0.3) is 0 Å². The van der Waals surface area contributed by atoms with Crippen LogP contribution in [0.2, 0.25) is 0 Å². The van der Waals surface area contributed by atoms with E-state index in [1.807, 2.05) is 27.7 Å². The summed E-state index contributed by atoms with van der Waals surface area (Å²) in [5.74, 6) is -0.333. The summed E-state index contributed by atoms with van der Waals surface area (Å²) in [5, 5.41) is 8.74. The van der Waals surface area contributed by atoms with E-state index in [1.54, 1.807) is 31.6 Å². The van der Waals surface area contributed by atoms with Crippen molar-refractivity contribution < 1.29 is 43.1 Å². The maximum atomic E-state index is 12.7. The van der Waals surface area contributed by atoms with E-state index in [-0.39, 0.29) is 66.1 Å². The van der Waals surface area contributed by atoms with Gasteiger partial charge in [-0.1, -0.05) is 10.3 Å². The van der Waals surface area contributed by atoms with Gasteiger partial charge in [0.05, 0.1) is 42.3 Å². The van der Waals surface area contributed by atoms with Gasteiger partial charge in [-0.3, -0.25) is 33.8 Å². The van der Waals surface area contributed by atoms with Crippen LogP contribution in [0.3, 0.4) is 0 Å². The van der Waals surface area contributed by atoms with Gasteiger partial charge in [0, 0.05) is 77.9 Å². The number of thioether (sulfide) groups is 1. The van der Waals surface area contributed by atoms with Crippen molar-refractivity contribution in [2.45, 2.75) is 89.2 Å². The summed E-state index contributed by atoms with van der Waals surface area (Å²) >= 11 is 1.30. The monoisotopic (exact) mass is 675 g/mol. The van der Waals surface area contributed by atoms with Crippen LogP contribution in [0.5, 0.6) is 0 Å². The van der Waals surface area contributed by atoms with Gasteiger partial charge in [-0.05, 0) is 54.5 Å². The topological polar surface area (TPSA) is 148 Å². The lowest BCUT2D eigenvalue weighted by atomic mass is 10.1. The van der Waals surface area contributed by atoms with E-state index in [0.717, 1.165) is 11.3 Å². The fraction of sp³-hybridized carbons (Fsp3) is 0.871. The summed E-state index contributed by atoms with van der Waals surface area (Å²) in [4.78, 5) is 62.3. The zero-order chi connectivity index (χ0) is 34.3. The number of likely N-dealkylation sites (N-methyl/N-ethyl adjacent to an activating group) is 1. The molecule has 2 rings (SSSR count). The Morgan fingerprint density at radius 1 is 1.07 bits per heavy atom.